The number of esters is 1. The second kappa shape index (κ2) is 6.64. The van der Waals surface area contributed by atoms with Crippen molar-refractivity contribution in [2.24, 2.45) is 0 Å². The van der Waals surface area contributed by atoms with Crippen LogP contribution in [0.4, 0.5) is 5.69 Å². The van der Waals surface area contributed by atoms with E-state index in [0.29, 0.717) is 5.56 Å². The second-order valence-corrected chi connectivity index (χ2v) is 5.24. The summed E-state index contributed by atoms with van der Waals surface area (Å²) >= 11 is 0. The number of nitrogens with zero attached hydrogens (tertiary/aromatic N) is 1. The monoisotopic (exact) mass is 302 g/mol. The molecule has 2 aromatic rings. The first-order valence-corrected chi connectivity index (χ1v) is 7.48. The molecule has 0 fully saturated rings. The summed E-state index contributed by atoms with van der Waals surface area (Å²) in [5.74, 6) is -0.745. The van der Waals surface area contributed by atoms with Crippen LogP contribution >= 0.6 is 0 Å². The number of methoxy groups -OCH3 is 1. The zero-order chi connectivity index (χ0) is 16.3. The van der Waals surface area contributed by atoms with Crippen LogP contribution in [0, 0.1) is 6.92 Å². The third-order valence-corrected chi connectivity index (χ3v) is 3.93. The van der Waals surface area contributed by atoms with Gasteiger partial charge in [0.15, 0.2) is 5.78 Å². The van der Waals surface area contributed by atoms with E-state index in [1.54, 1.807) is 6.20 Å². The number of carbonyl (C=O) groups is 2. The summed E-state index contributed by atoms with van der Waals surface area (Å²) in [6.07, 6.45) is 1.44. The summed E-state index contributed by atoms with van der Waals surface area (Å²) < 4.78 is 4.57. The van der Waals surface area contributed by atoms with Crippen molar-refractivity contribution >= 4 is 28.3 Å². The number of nitrogens with one attached hydrogen (secondary N) is 1. The number of carbonyl (C=O) groups excluding carboxylic acids is 2. The van der Waals surface area contributed by atoms with Gasteiger partial charge in [-0.2, -0.15) is 0 Å². The number of ketones is 1. The number of aryl methyl sites for hydroxylation is 1. The van der Waals surface area contributed by atoms with E-state index in [0.717, 1.165) is 35.2 Å². The van der Waals surface area contributed by atoms with Gasteiger partial charge in [-0.15, -0.1) is 0 Å². The fraction of sp³-hybridized carbons (Fsp3) is 0.412. The van der Waals surface area contributed by atoms with E-state index >= 15 is 0 Å². The molecule has 0 radical (unpaired) electrons. The van der Waals surface area contributed by atoms with Gasteiger partial charge in [-0.1, -0.05) is 0 Å². The van der Waals surface area contributed by atoms with Gasteiger partial charge in [0.1, 0.15) is 6.42 Å². The van der Waals surface area contributed by atoms with Gasteiger partial charge in [0.05, 0.1) is 7.11 Å². The maximum atomic E-state index is 12.3. The van der Waals surface area contributed by atoms with Gasteiger partial charge in [-0.3, -0.25) is 9.59 Å². The number of anilines is 1. The number of benzene rings is 1. The fourth-order valence-electron chi connectivity index (χ4n) is 2.69. The van der Waals surface area contributed by atoms with Crippen LogP contribution in [-0.4, -0.2) is 36.9 Å². The molecular weight excluding hydrogens is 280 g/mol. The van der Waals surface area contributed by atoms with Gasteiger partial charge in [0.2, 0.25) is 0 Å². The van der Waals surface area contributed by atoms with Crippen LogP contribution in [0.3, 0.4) is 0 Å². The average Bonchev–Trinajstić information content (AvgIpc) is 2.93. The van der Waals surface area contributed by atoms with E-state index in [1.807, 2.05) is 13.0 Å². The van der Waals surface area contributed by atoms with Gasteiger partial charge in [0.25, 0.3) is 0 Å². The van der Waals surface area contributed by atoms with Crippen LogP contribution in [0.25, 0.3) is 10.9 Å². The molecule has 5 heteroatoms. The molecule has 1 aromatic heterocycles. The minimum absolute atomic E-state index is 0.228. The molecule has 1 aromatic carbocycles. The summed E-state index contributed by atoms with van der Waals surface area (Å²) in [7, 11) is 1.29. The molecule has 5 nitrogen and oxygen atoms in total. The number of aromatic nitrogens is 1. The molecule has 2 rings (SSSR count). The Hall–Kier alpha value is -2.30. The first-order valence-electron chi connectivity index (χ1n) is 7.48. The molecule has 0 spiro atoms. The van der Waals surface area contributed by atoms with Gasteiger partial charge in [0, 0.05) is 41.4 Å². The van der Waals surface area contributed by atoms with E-state index in [1.165, 1.54) is 7.11 Å². The standard InChI is InChI=1S/C17H22N2O3/c1-5-19(6-2)12-7-11(3)17-13(8-12)14(10-18-17)15(20)9-16(21)22-4/h7-8,10,18H,5-6,9H2,1-4H3. The minimum atomic E-state index is -0.518. The van der Waals surface area contributed by atoms with Crippen molar-refractivity contribution in [2.45, 2.75) is 27.2 Å². The molecule has 0 aliphatic rings. The van der Waals surface area contributed by atoms with Crippen molar-refractivity contribution in [2.75, 3.05) is 25.1 Å². The normalized spacial score (nSPS) is 10.7. The van der Waals surface area contributed by atoms with Crippen molar-refractivity contribution in [3.05, 3.63) is 29.5 Å². The summed E-state index contributed by atoms with van der Waals surface area (Å²) in [6.45, 7) is 8.02. The molecule has 0 saturated carbocycles. The van der Waals surface area contributed by atoms with Crippen LogP contribution in [0.1, 0.15) is 36.2 Å². The molecule has 22 heavy (non-hydrogen) atoms. The zero-order valence-corrected chi connectivity index (χ0v) is 13.5. The second-order valence-electron chi connectivity index (χ2n) is 5.24. The number of ether oxygens (including phenoxy) is 1. The molecule has 0 saturated heterocycles. The molecule has 118 valence electrons. The molecule has 1 heterocycles. The Morgan fingerprint density at radius 3 is 2.50 bits per heavy atom. The predicted octanol–water partition coefficient (Wildman–Crippen LogP) is 3.07. The lowest BCUT2D eigenvalue weighted by atomic mass is 10.0. The molecule has 1 N–H and O–H groups in total. The Labute approximate surface area is 130 Å². The smallest absolute Gasteiger partial charge is 0.313 e. The highest BCUT2D eigenvalue weighted by Crippen LogP contribution is 2.28. The van der Waals surface area contributed by atoms with Crippen molar-refractivity contribution < 1.29 is 14.3 Å². The topological polar surface area (TPSA) is 62.4 Å². The van der Waals surface area contributed by atoms with Gasteiger partial charge in [-0.25, -0.2) is 0 Å². The molecular formula is C17H22N2O3. The molecule has 0 atom stereocenters. The van der Waals surface area contributed by atoms with Crippen molar-refractivity contribution in [1.29, 1.82) is 0 Å². The fourth-order valence-corrected chi connectivity index (χ4v) is 2.69. The van der Waals surface area contributed by atoms with Gasteiger partial charge < -0.3 is 14.6 Å². The van der Waals surface area contributed by atoms with E-state index in [-0.39, 0.29) is 12.2 Å². The third-order valence-electron chi connectivity index (χ3n) is 3.93. The molecule has 0 aliphatic heterocycles. The van der Waals surface area contributed by atoms with E-state index < -0.39 is 5.97 Å². The molecule has 0 bridgehead atoms. The maximum Gasteiger partial charge on any atom is 0.313 e. The number of Topliss-reactive ketones (excluding diaryl/α,β-unsaturated/α-hetero) is 1. The van der Waals surface area contributed by atoms with E-state index in [2.05, 4.69) is 34.5 Å². The SMILES string of the molecule is CCN(CC)c1cc(C)c2[nH]cc(C(=O)CC(=O)OC)c2c1. The van der Waals surface area contributed by atoms with Gasteiger partial charge in [-0.05, 0) is 38.5 Å². The summed E-state index contributed by atoms with van der Waals surface area (Å²) in [5, 5.41) is 0.857. The first-order chi connectivity index (χ1) is 10.5. The van der Waals surface area contributed by atoms with E-state index in [4.69, 9.17) is 0 Å². The largest absolute Gasteiger partial charge is 0.469 e. The predicted molar refractivity (Wildman–Crippen MR) is 87.6 cm³/mol. The Morgan fingerprint density at radius 2 is 1.91 bits per heavy atom. The van der Waals surface area contributed by atoms with Crippen LogP contribution in [0.5, 0.6) is 0 Å². The summed E-state index contributed by atoms with van der Waals surface area (Å²) in [4.78, 5) is 29.0. The van der Waals surface area contributed by atoms with Crippen molar-refractivity contribution in [3.63, 3.8) is 0 Å². The van der Waals surface area contributed by atoms with Crippen LogP contribution < -0.4 is 4.90 Å². The quantitative estimate of drug-likeness (QED) is 0.506. The number of rotatable bonds is 6. The number of fused-ring (bicyclic) bond motifs is 1. The lowest BCUT2D eigenvalue weighted by Crippen LogP contribution is -2.21. The highest BCUT2D eigenvalue weighted by molar-refractivity contribution is 6.14. The first kappa shape index (κ1) is 16.1. The number of hydrogen-bond acceptors (Lipinski definition) is 4. The van der Waals surface area contributed by atoms with E-state index in [9.17, 15) is 9.59 Å². The molecule has 0 amide bonds. The van der Waals surface area contributed by atoms with Crippen LogP contribution in [-0.2, 0) is 9.53 Å². The Bertz CT molecular complexity index is 699. The Morgan fingerprint density at radius 1 is 1.23 bits per heavy atom. The summed E-state index contributed by atoms with van der Waals surface area (Å²) in [5.41, 5.74) is 3.64. The van der Waals surface area contributed by atoms with Crippen LogP contribution in [0.15, 0.2) is 18.3 Å². The highest BCUT2D eigenvalue weighted by Gasteiger charge is 2.18. The Kier molecular flexibility index (Phi) is 4.85. The van der Waals surface area contributed by atoms with Crippen molar-refractivity contribution in [3.8, 4) is 0 Å². The third kappa shape index (κ3) is 2.98. The number of aromatic amines is 1. The molecule has 0 unspecified atom stereocenters. The summed E-state index contributed by atoms with van der Waals surface area (Å²) in [6, 6.07) is 4.12. The van der Waals surface area contributed by atoms with Gasteiger partial charge >= 0.3 is 5.97 Å². The maximum absolute atomic E-state index is 12.3. The molecule has 0 aliphatic carbocycles. The Balaban J connectivity index is 2.49. The highest BCUT2D eigenvalue weighted by atomic mass is 16.5. The number of hydrogen-bond donors (Lipinski definition) is 1. The average molecular weight is 302 g/mol. The number of H-pyrrole nitrogens is 1. The van der Waals surface area contributed by atoms with Crippen LogP contribution in [0.2, 0.25) is 0 Å². The lowest BCUT2D eigenvalue weighted by molar-refractivity contribution is -0.139. The van der Waals surface area contributed by atoms with Crippen molar-refractivity contribution in [1.82, 2.24) is 4.98 Å². The lowest BCUT2D eigenvalue weighted by Gasteiger charge is -2.22. The zero-order valence-electron chi connectivity index (χ0n) is 13.5. The minimum Gasteiger partial charge on any atom is -0.469 e.